The lowest BCUT2D eigenvalue weighted by molar-refractivity contribution is -0.142. The molecule has 0 aromatic heterocycles. The minimum atomic E-state index is -0.565. The third kappa shape index (κ3) is 5.73. The Morgan fingerprint density at radius 1 is 1.10 bits per heavy atom. The monoisotopic (exact) mass is 416 g/mol. The first-order chi connectivity index (χ1) is 13.8. The van der Waals surface area contributed by atoms with E-state index < -0.39 is 6.04 Å². The van der Waals surface area contributed by atoms with Gasteiger partial charge in [0.15, 0.2) is 6.61 Å². The molecule has 156 valence electrons. The van der Waals surface area contributed by atoms with Crippen molar-refractivity contribution in [2.24, 2.45) is 0 Å². The average Bonchev–Trinajstić information content (AvgIpc) is 2.70. The zero-order valence-electron chi connectivity index (χ0n) is 17.7. The lowest BCUT2D eigenvalue weighted by atomic mass is 10.1. The summed E-state index contributed by atoms with van der Waals surface area (Å²) in [7, 11) is 1.58. The summed E-state index contributed by atoms with van der Waals surface area (Å²) >= 11 is 6.20. The second-order valence-corrected chi connectivity index (χ2v) is 7.52. The van der Waals surface area contributed by atoms with E-state index in [9.17, 15) is 9.59 Å². The van der Waals surface area contributed by atoms with Gasteiger partial charge in [-0.2, -0.15) is 0 Å². The van der Waals surface area contributed by atoms with Gasteiger partial charge in [0.25, 0.3) is 5.91 Å². The van der Waals surface area contributed by atoms with Crippen LogP contribution >= 0.6 is 11.6 Å². The van der Waals surface area contributed by atoms with Crippen LogP contribution < -0.4 is 10.1 Å². The quantitative estimate of drug-likeness (QED) is 0.701. The third-order valence-corrected chi connectivity index (χ3v) is 5.60. The highest BCUT2D eigenvalue weighted by atomic mass is 35.5. The number of aryl methyl sites for hydroxylation is 3. The van der Waals surface area contributed by atoms with Gasteiger partial charge in [0.2, 0.25) is 5.91 Å². The molecule has 0 aliphatic carbocycles. The second kappa shape index (κ2) is 10.3. The lowest BCUT2D eigenvalue weighted by Gasteiger charge is -2.30. The second-order valence-electron chi connectivity index (χ2n) is 7.15. The normalized spacial score (nSPS) is 11.7. The molecule has 0 heterocycles. The minimum Gasteiger partial charge on any atom is -0.484 e. The van der Waals surface area contributed by atoms with E-state index in [0.717, 1.165) is 22.3 Å². The van der Waals surface area contributed by atoms with Crippen LogP contribution in [0, 0.1) is 20.8 Å². The molecule has 1 unspecified atom stereocenters. The van der Waals surface area contributed by atoms with Gasteiger partial charge in [0, 0.05) is 18.6 Å². The van der Waals surface area contributed by atoms with Crippen LogP contribution in [-0.4, -0.2) is 36.4 Å². The Morgan fingerprint density at radius 2 is 1.72 bits per heavy atom. The van der Waals surface area contributed by atoms with Crippen LogP contribution in [0.15, 0.2) is 36.4 Å². The predicted octanol–water partition coefficient (Wildman–Crippen LogP) is 4.20. The van der Waals surface area contributed by atoms with E-state index in [2.05, 4.69) is 5.32 Å². The van der Waals surface area contributed by atoms with Gasteiger partial charge in [-0.05, 0) is 61.6 Å². The summed E-state index contributed by atoms with van der Waals surface area (Å²) in [6.07, 6.45) is 0.510. The van der Waals surface area contributed by atoms with Gasteiger partial charge in [-0.3, -0.25) is 9.59 Å². The molecular weight excluding hydrogens is 388 g/mol. The van der Waals surface area contributed by atoms with Crippen molar-refractivity contribution in [1.82, 2.24) is 10.2 Å². The Balaban J connectivity index is 2.24. The number of halogens is 1. The van der Waals surface area contributed by atoms with Gasteiger partial charge in [-0.15, -0.1) is 0 Å². The molecule has 0 saturated heterocycles. The molecule has 1 N–H and O–H groups in total. The maximum absolute atomic E-state index is 13.1. The van der Waals surface area contributed by atoms with Crippen LogP contribution in [0.25, 0.3) is 0 Å². The van der Waals surface area contributed by atoms with E-state index in [1.54, 1.807) is 11.9 Å². The molecule has 29 heavy (non-hydrogen) atoms. The number of likely N-dealkylation sites (N-methyl/N-ethyl adjacent to an activating group) is 1. The van der Waals surface area contributed by atoms with Crippen molar-refractivity contribution in [3.05, 3.63) is 63.7 Å². The van der Waals surface area contributed by atoms with Gasteiger partial charge in [-0.1, -0.05) is 42.8 Å². The third-order valence-electron chi connectivity index (χ3n) is 5.01. The highest BCUT2D eigenvalue weighted by Gasteiger charge is 2.28. The summed E-state index contributed by atoms with van der Waals surface area (Å²) in [6, 6.07) is 10.9. The molecule has 2 aromatic carbocycles. The molecule has 2 rings (SSSR count). The van der Waals surface area contributed by atoms with Crippen molar-refractivity contribution in [2.45, 2.75) is 46.7 Å². The first-order valence-electron chi connectivity index (χ1n) is 9.73. The van der Waals surface area contributed by atoms with Gasteiger partial charge in [0.1, 0.15) is 11.8 Å². The molecule has 0 fully saturated rings. The number of ether oxygens (including phenoxy) is 1. The van der Waals surface area contributed by atoms with E-state index in [1.807, 2.05) is 64.1 Å². The van der Waals surface area contributed by atoms with E-state index in [0.29, 0.717) is 23.7 Å². The Labute approximate surface area is 178 Å². The fourth-order valence-electron chi connectivity index (χ4n) is 3.27. The van der Waals surface area contributed by atoms with Crippen molar-refractivity contribution in [3.8, 4) is 5.75 Å². The number of nitrogens with zero attached hydrogens (tertiary/aromatic N) is 1. The lowest BCUT2D eigenvalue weighted by Crippen LogP contribution is -2.49. The van der Waals surface area contributed by atoms with Crippen LogP contribution in [0.1, 0.15) is 35.6 Å². The van der Waals surface area contributed by atoms with Crippen LogP contribution in [-0.2, 0) is 16.1 Å². The van der Waals surface area contributed by atoms with E-state index in [-0.39, 0.29) is 18.4 Å². The van der Waals surface area contributed by atoms with Crippen LogP contribution in [0.5, 0.6) is 5.75 Å². The number of carbonyl (C=O) groups excluding carboxylic acids is 2. The molecule has 0 radical (unpaired) electrons. The molecule has 2 amide bonds. The minimum absolute atomic E-state index is 0.153. The SMILES string of the molecule is CCC(C(=O)NC)N(Cc1ccccc1C)C(=O)COc1cc(C)c(Cl)c(C)c1. The number of hydrogen-bond acceptors (Lipinski definition) is 3. The maximum Gasteiger partial charge on any atom is 0.261 e. The summed E-state index contributed by atoms with van der Waals surface area (Å²) in [4.78, 5) is 27.1. The molecule has 0 saturated carbocycles. The van der Waals surface area contributed by atoms with Crippen molar-refractivity contribution >= 4 is 23.4 Å². The van der Waals surface area contributed by atoms with Crippen molar-refractivity contribution in [2.75, 3.05) is 13.7 Å². The Bertz CT molecular complexity index is 859. The smallest absolute Gasteiger partial charge is 0.261 e. The Hall–Kier alpha value is -2.53. The highest BCUT2D eigenvalue weighted by Crippen LogP contribution is 2.26. The number of nitrogens with one attached hydrogen (secondary N) is 1. The van der Waals surface area contributed by atoms with E-state index >= 15 is 0 Å². The van der Waals surface area contributed by atoms with Crippen molar-refractivity contribution < 1.29 is 14.3 Å². The summed E-state index contributed by atoms with van der Waals surface area (Å²) in [5.74, 6) is 0.156. The maximum atomic E-state index is 13.1. The molecule has 2 aromatic rings. The summed E-state index contributed by atoms with van der Waals surface area (Å²) in [5, 5.41) is 3.35. The van der Waals surface area contributed by atoms with Gasteiger partial charge < -0.3 is 15.0 Å². The number of carbonyl (C=O) groups is 2. The zero-order chi connectivity index (χ0) is 21.6. The van der Waals surface area contributed by atoms with Crippen LogP contribution in [0.4, 0.5) is 0 Å². The molecule has 0 aliphatic rings. The summed E-state index contributed by atoms with van der Waals surface area (Å²) in [5.41, 5.74) is 3.86. The van der Waals surface area contributed by atoms with Gasteiger partial charge in [0.05, 0.1) is 0 Å². The Morgan fingerprint density at radius 3 is 2.28 bits per heavy atom. The van der Waals surface area contributed by atoms with E-state index in [4.69, 9.17) is 16.3 Å². The van der Waals surface area contributed by atoms with Crippen LogP contribution in [0.3, 0.4) is 0 Å². The Kier molecular flexibility index (Phi) is 8.09. The number of hydrogen-bond donors (Lipinski definition) is 1. The molecular formula is C23H29ClN2O3. The molecule has 0 spiro atoms. The number of benzene rings is 2. The van der Waals surface area contributed by atoms with Crippen molar-refractivity contribution in [3.63, 3.8) is 0 Å². The first kappa shape index (κ1) is 22.8. The summed E-state index contributed by atoms with van der Waals surface area (Å²) in [6.45, 7) is 7.87. The molecule has 0 aliphatic heterocycles. The average molecular weight is 417 g/mol. The topological polar surface area (TPSA) is 58.6 Å². The highest BCUT2D eigenvalue weighted by molar-refractivity contribution is 6.32. The molecule has 6 heteroatoms. The standard InChI is InChI=1S/C23H29ClN2O3/c1-6-20(23(28)25-5)26(13-18-10-8-7-9-15(18)2)21(27)14-29-19-11-16(3)22(24)17(4)12-19/h7-12,20H,6,13-14H2,1-5H3,(H,25,28). The molecule has 1 atom stereocenters. The number of rotatable bonds is 8. The van der Waals surface area contributed by atoms with Gasteiger partial charge in [-0.25, -0.2) is 0 Å². The zero-order valence-corrected chi connectivity index (χ0v) is 18.5. The van der Waals surface area contributed by atoms with Crippen LogP contribution in [0.2, 0.25) is 5.02 Å². The van der Waals surface area contributed by atoms with Crippen molar-refractivity contribution in [1.29, 1.82) is 0 Å². The fraction of sp³-hybridized carbons (Fsp3) is 0.391. The summed E-state index contributed by atoms with van der Waals surface area (Å²) < 4.78 is 5.76. The van der Waals surface area contributed by atoms with E-state index in [1.165, 1.54) is 0 Å². The number of amides is 2. The predicted molar refractivity (Wildman–Crippen MR) is 116 cm³/mol. The molecule has 5 nitrogen and oxygen atoms in total. The fourth-order valence-corrected chi connectivity index (χ4v) is 3.38. The first-order valence-corrected chi connectivity index (χ1v) is 10.1. The largest absolute Gasteiger partial charge is 0.484 e. The molecule has 0 bridgehead atoms. The van der Waals surface area contributed by atoms with Gasteiger partial charge >= 0.3 is 0 Å².